The number of hydrogen-bond donors (Lipinski definition) is 0. The van der Waals surface area contributed by atoms with Crippen LogP contribution >= 0.6 is 11.5 Å². The molecule has 1 aliphatic carbocycles. The highest BCUT2D eigenvalue weighted by atomic mass is 32.1. The minimum atomic E-state index is 0.670. The molecule has 4 rings (SSSR count). The van der Waals surface area contributed by atoms with Crippen LogP contribution in [0.15, 0.2) is 0 Å². The summed E-state index contributed by atoms with van der Waals surface area (Å²) in [6.07, 6.45) is 6.62. The molecule has 2 bridgehead atoms. The van der Waals surface area contributed by atoms with Crippen LogP contribution in [0.25, 0.3) is 0 Å². The van der Waals surface area contributed by atoms with Crippen molar-refractivity contribution >= 4 is 16.7 Å². The SMILES string of the molecule is CC(C)N1C2CCC1CN(c1nc(C3CC3)ns1)CC2. The van der Waals surface area contributed by atoms with Gasteiger partial charge in [0.1, 0.15) is 5.82 Å². The maximum atomic E-state index is 4.81. The Morgan fingerprint density at radius 1 is 1.10 bits per heavy atom. The molecule has 2 atom stereocenters. The van der Waals surface area contributed by atoms with E-state index in [2.05, 4.69) is 28.0 Å². The highest BCUT2D eigenvalue weighted by Crippen LogP contribution is 2.40. The van der Waals surface area contributed by atoms with Crippen molar-refractivity contribution in [2.45, 2.75) is 70.0 Å². The van der Waals surface area contributed by atoms with Gasteiger partial charge in [-0.3, -0.25) is 4.90 Å². The molecule has 3 heterocycles. The zero-order valence-corrected chi connectivity index (χ0v) is 13.3. The zero-order valence-electron chi connectivity index (χ0n) is 12.5. The number of hydrogen-bond acceptors (Lipinski definition) is 5. The molecule has 5 heteroatoms. The molecular formula is C15H24N4S. The molecule has 2 unspecified atom stereocenters. The van der Waals surface area contributed by atoms with Crippen molar-refractivity contribution in [3.8, 4) is 0 Å². The van der Waals surface area contributed by atoms with Crippen molar-refractivity contribution in [3.05, 3.63) is 5.82 Å². The van der Waals surface area contributed by atoms with Crippen molar-refractivity contribution in [2.24, 2.45) is 0 Å². The maximum Gasteiger partial charge on any atom is 0.205 e. The summed E-state index contributed by atoms with van der Waals surface area (Å²) in [5, 5.41) is 1.17. The van der Waals surface area contributed by atoms with Gasteiger partial charge in [0.05, 0.1) is 0 Å². The number of fused-ring (bicyclic) bond motifs is 2. The van der Waals surface area contributed by atoms with Gasteiger partial charge < -0.3 is 4.90 Å². The number of rotatable bonds is 3. The Morgan fingerprint density at radius 3 is 2.65 bits per heavy atom. The fourth-order valence-electron chi connectivity index (χ4n) is 3.99. The summed E-state index contributed by atoms with van der Waals surface area (Å²) in [6.45, 7) is 6.99. The van der Waals surface area contributed by atoms with Gasteiger partial charge in [-0.05, 0) is 46.0 Å². The second kappa shape index (κ2) is 4.95. The monoisotopic (exact) mass is 292 g/mol. The molecular weight excluding hydrogens is 268 g/mol. The Morgan fingerprint density at radius 2 is 1.90 bits per heavy atom. The lowest BCUT2D eigenvalue weighted by molar-refractivity contribution is 0.158. The molecule has 3 fully saturated rings. The molecule has 1 aromatic rings. The van der Waals surface area contributed by atoms with Crippen molar-refractivity contribution in [2.75, 3.05) is 18.0 Å². The second-order valence-electron chi connectivity index (χ2n) is 6.87. The first-order valence-electron chi connectivity index (χ1n) is 8.08. The first kappa shape index (κ1) is 13.0. The van der Waals surface area contributed by atoms with Crippen molar-refractivity contribution in [3.63, 3.8) is 0 Å². The van der Waals surface area contributed by atoms with Gasteiger partial charge in [-0.2, -0.15) is 4.37 Å². The predicted octanol–water partition coefficient (Wildman–Crippen LogP) is 2.87. The predicted molar refractivity (Wildman–Crippen MR) is 82.5 cm³/mol. The molecule has 0 spiro atoms. The van der Waals surface area contributed by atoms with Crippen LogP contribution in [0.1, 0.15) is 57.7 Å². The number of anilines is 1. The average Bonchev–Trinajstić information content (AvgIpc) is 3.04. The van der Waals surface area contributed by atoms with Gasteiger partial charge in [-0.25, -0.2) is 4.98 Å². The van der Waals surface area contributed by atoms with Crippen LogP contribution in [0.3, 0.4) is 0 Å². The fraction of sp³-hybridized carbons (Fsp3) is 0.867. The molecule has 3 aliphatic rings. The van der Waals surface area contributed by atoms with Gasteiger partial charge in [0, 0.05) is 48.7 Å². The molecule has 0 amide bonds. The third-order valence-electron chi connectivity index (χ3n) is 5.08. The van der Waals surface area contributed by atoms with Crippen LogP contribution in [0.2, 0.25) is 0 Å². The van der Waals surface area contributed by atoms with Gasteiger partial charge in [-0.1, -0.05) is 0 Å². The summed E-state index contributed by atoms with van der Waals surface area (Å²) >= 11 is 1.62. The molecule has 110 valence electrons. The van der Waals surface area contributed by atoms with Crippen LogP contribution in [-0.2, 0) is 0 Å². The minimum Gasteiger partial charge on any atom is -0.345 e. The summed E-state index contributed by atoms with van der Waals surface area (Å²) < 4.78 is 4.58. The Bertz CT molecular complexity index is 482. The van der Waals surface area contributed by atoms with E-state index >= 15 is 0 Å². The first-order chi connectivity index (χ1) is 9.72. The van der Waals surface area contributed by atoms with Crippen molar-refractivity contribution in [1.82, 2.24) is 14.3 Å². The number of aromatic nitrogens is 2. The van der Waals surface area contributed by atoms with Crippen LogP contribution in [0.5, 0.6) is 0 Å². The first-order valence-corrected chi connectivity index (χ1v) is 8.85. The summed E-state index contributed by atoms with van der Waals surface area (Å²) in [5.41, 5.74) is 0. The quantitative estimate of drug-likeness (QED) is 0.857. The molecule has 1 aromatic heterocycles. The van der Waals surface area contributed by atoms with Crippen LogP contribution in [0, 0.1) is 0 Å². The summed E-state index contributed by atoms with van der Waals surface area (Å²) in [7, 11) is 0. The van der Waals surface area contributed by atoms with E-state index < -0.39 is 0 Å². The third kappa shape index (κ3) is 2.25. The van der Waals surface area contributed by atoms with E-state index in [1.54, 1.807) is 11.5 Å². The van der Waals surface area contributed by atoms with Gasteiger partial charge >= 0.3 is 0 Å². The molecule has 0 aromatic carbocycles. The highest BCUT2D eigenvalue weighted by molar-refractivity contribution is 7.09. The lowest BCUT2D eigenvalue weighted by Crippen LogP contribution is -2.43. The lowest BCUT2D eigenvalue weighted by atomic mass is 10.1. The smallest absolute Gasteiger partial charge is 0.205 e. The van der Waals surface area contributed by atoms with Gasteiger partial charge in [0.25, 0.3) is 0 Å². The normalized spacial score (nSPS) is 31.1. The molecule has 4 nitrogen and oxygen atoms in total. The Balaban J connectivity index is 1.52. The summed E-state index contributed by atoms with van der Waals surface area (Å²) in [5.74, 6) is 1.79. The van der Waals surface area contributed by atoms with E-state index in [1.807, 2.05) is 0 Å². The third-order valence-corrected chi connectivity index (χ3v) is 5.87. The van der Waals surface area contributed by atoms with E-state index in [9.17, 15) is 0 Å². The lowest BCUT2D eigenvalue weighted by Gasteiger charge is -2.32. The molecule has 20 heavy (non-hydrogen) atoms. The van der Waals surface area contributed by atoms with Gasteiger partial charge in [0.15, 0.2) is 0 Å². The molecule has 2 aliphatic heterocycles. The van der Waals surface area contributed by atoms with Crippen LogP contribution in [-0.4, -0.2) is 45.5 Å². The Hall–Kier alpha value is -0.680. The highest BCUT2D eigenvalue weighted by Gasteiger charge is 2.39. The van der Waals surface area contributed by atoms with Gasteiger partial charge in [0.2, 0.25) is 5.13 Å². The van der Waals surface area contributed by atoms with E-state index in [1.165, 1.54) is 37.2 Å². The van der Waals surface area contributed by atoms with E-state index in [0.29, 0.717) is 12.0 Å². The van der Waals surface area contributed by atoms with Crippen molar-refractivity contribution < 1.29 is 0 Å². The van der Waals surface area contributed by atoms with Crippen LogP contribution < -0.4 is 4.90 Å². The Kier molecular flexibility index (Phi) is 3.22. The molecule has 0 radical (unpaired) electrons. The second-order valence-corrected chi connectivity index (χ2v) is 7.60. The van der Waals surface area contributed by atoms with E-state index in [-0.39, 0.29) is 0 Å². The Labute approximate surface area is 125 Å². The topological polar surface area (TPSA) is 32.3 Å². The van der Waals surface area contributed by atoms with Crippen LogP contribution in [0.4, 0.5) is 5.13 Å². The summed E-state index contributed by atoms with van der Waals surface area (Å²) in [4.78, 5) is 10.1. The molecule has 0 N–H and O–H groups in total. The van der Waals surface area contributed by atoms with E-state index in [4.69, 9.17) is 4.98 Å². The average molecular weight is 292 g/mol. The molecule has 2 saturated heterocycles. The summed E-state index contributed by atoms with van der Waals surface area (Å²) in [6, 6.07) is 2.18. The minimum absolute atomic E-state index is 0.670. The van der Waals surface area contributed by atoms with Crippen molar-refractivity contribution in [1.29, 1.82) is 0 Å². The van der Waals surface area contributed by atoms with E-state index in [0.717, 1.165) is 31.0 Å². The fourth-order valence-corrected chi connectivity index (χ4v) is 4.77. The molecule has 1 saturated carbocycles. The van der Waals surface area contributed by atoms with Gasteiger partial charge in [-0.15, -0.1) is 0 Å². The maximum absolute atomic E-state index is 4.81. The number of nitrogens with zero attached hydrogens (tertiary/aromatic N) is 4. The largest absolute Gasteiger partial charge is 0.345 e. The zero-order chi connectivity index (χ0) is 13.7. The standard InChI is InChI=1S/C15H24N4S/c1-10(2)19-12-5-6-13(19)9-18(8-7-12)15-16-14(17-20-15)11-3-4-11/h10-13H,3-9H2,1-2H3.